The number of alkyl halides is 3. The third-order valence-corrected chi connectivity index (χ3v) is 6.29. The van der Waals surface area contributed by atoms with Crippen LogP contribution in [0.4, 0.5) is 18.0 Å². The molecule has 0 saturated carbocycles. The Hall–Kier alpha value is -4.90. The number of nitrogens with one attached hydrogen (secondary N) is 5. The Morgan fingerprint density at radius 2 is 1.46 bits per heavy atom. The van der Waals surface area contributed by atoms with E-state index in [1.807, 2.05) is 0 Å². The molecule has 4 atom stereocenters. The molecular formula is C28H39F3N6O9. The number of esters is 1. The summed E-state index contributed by atoms with van der Waals surface area (Å²) in [5.41, 5.74) is 6.03. The summed E-state index contributed by atoms with van der Waals surface area (Å²) in [5.74, 6) is -6.16. The van der Waals surface area contributed by atoms with E-state index >= 15 is 0 Å². The third kappa shape index (κ3) is 15.2. The molecule has 1 rings (SSSR count). The Morgan fingerprint density at radius 3 is 2.04 bits per heavy atom. The zero-order valence-corrected chi connectivity index (χ0v) is 25.5. The molecule has 15 nitrogen and oxygen atoms in total. The van der Waals surface area contributed by atoms with Crippen LogP contribution in [0.15, 0.2) is 30.3 Å². The van der Waals surface area contributed by atoms with Crippen LogP contribution in [0.2, 0.25) is 0 Å². The number of halogens is 3. The summed E-state index contributed by atoms with van der Waals surface area (Å²) in [6, 6.07) is 3.86. The van der Waals surface area contributed by atoms with Crippen LogP contribution in [0.1, 0.15) is 51.5 Å². The Bertz CT molecular complexity index is 1220. The van der Waals surface area contributed by atoms with E-state index in [4.69, 9.17) is 10.5 Å². The van der Waals surface area contributed by atoms with Gasteiger partial charge in [0.1, 0.15) is 30.8 Å². The fraction of sp³-hybridized carbons (Fsp3) is 0.536. The molecule has 18 heteroatoms. The SMILES string of the molecule is COC(=O)[C@@H](C)NC(=O)[C@@H](C)NC(=O)[C@H](CCCCNC(=O)C(F)(F)F)NC(=O)CC[C@H](NC(=O)OCc1ccccc1)C(N)=O. The maximum Gasteiger partial charge on any atom is 0.471 e. The van der Waals surface area contributed by atoms with Crippen LogP contribution in [-0.2, 0) is 44.8 Å². The van der Waals surface area contributed by atoms with Gasteiger partial charge < -0.3 is 41.8 Å². The molecule has 256 valence electrons. The zero-order chi connectivity index (χ0) is 34.9. The van der Waals surface area contributed by atoms with Gasteiger partial charge in [0.15, 0.2) is 0 Å². The van der Waals surface area contributed by atoms with Crippen molar-refractivity contribution in [2.24, 2.45) is 5.73 Å². The minimum atomic E-state index is -5.06. The zero-order valence-electron chi connectivity index (χ0n) is 25.5. The number of unbranched alkanes of at least 4 members (excludes halogenated alkanes) is 1. The largest absolute Gasteiger partial charge is 0.471 e. The summed E-state index contributed by atoms with van der Waals surface area (Å²) in [6.45, 7) is 2.21. The van der Waals surface area contributed by atoms with Crippen LogP contribution in [0.5, 0.6) is 0 Å². The van der Waals surface area contributed by atoms with Gasteiger partial charge in [-0.05, 0) is 45.1 Å². The standard InChI is InChI=1S/C28H39F3N6O9/c1-16(23(40)35-17(2)25(42)45-3)34-24(41)20(11-7-8-14-33-26(43)28(29,30)31)36-21(38)13-12-19(22(32)39)37-27(44)46-15-18-9-5-4-6-10-18/h4-6,9-10,16-17,19-20H,7-8,11-15H2,1-3H3,(H2,32,39)(H,33,43)(H,34,41)(H,35,40)(H,36,38)(H,37,44)/t16-,17-,19+,20+/m1/s1. The number of amides is 6. The highest BCUT2D eigenvalue weighted by Gasteiger charge is 2.38. The molecule has 0 saturated heterocycles. The molecule has 0 unspecified atom stereocenters. The van der Waals surface area contributed by atoms with E-state index in [2.05, 4.69) is 26.0 Å². The van der Waals surface area contributed by atoms with Crippen molar-refractivity contribution in [2.45, 2.75) is 82.9 Å². The number of primary amides is 1. The maximum atomic E-state index is 13.0. The molecule has 0 radical (unpaired) electrons. The Morgan fingerprint density at radius 1 is 0.826 bits per heavy atom. The Kier molecular flexibility index (Phi) is 16.6. The second kappa shape index (κ2) is 19.5. The number of hydrogen-bond donors (Lipinski definition) is 6. The smallest absolute Gasteiger partial charge is 0.467 e. The van der Waals surface area contributed by atoms with E-state index in [1.54, 1.807) is 35.6 Å². The molecule has 6 amide bonds. The summed E-state index contributed by atoms with van der Waals surface area (Å²) in [5, 5.41) is 11.1. The minimum absolute atomic E-state index is 0.00686. The van der Waals surface area contributed by atoms with Crippen molar-refractivity contribution >= 4 is 41.6 Å². The lowest BCUT2D eigenvalue weighted by Crippen LogP contribution is -2.54. The first kappa shape index (κ1) is 39.1. The lowest BCUT2D eigenvalue weighted by Gasteiger charge is -2.22. The van der Waals surface area contributed by atoms with Crippen LogP contribution in [0, 0.1) is 0 Å². The molecule has 0 bridgehead atoms. The predicted octanol–water partition coefficient (Wildman–Crippen LogP) is 0.0629. The van der Waals surface area contributed by atoms with Crippen molar-refractivity contribution in [1.29, 1.82) is 0 Å². The molecule has 0 spiro atoms. The number of methoxy groups -OCH3 is 1. The summed E-state index contributed by atoms with van der Waals surface area (Å²) in [4.78, 5) is 84.7. The van der Waals surface area contributed by atoms with Gasteiger partial charge in [-0.3, -0.25) is 24.0 Å². The molecule has 1 aromatic rings. The van der Waals surface area contributed by atoms with E-state index in [9.17, 15) is 46.7 Å². The van der Waals surface area contributed by atoms with Gasteiger partial charge in [0.2, 0.25) is 23.6 Å². The van der Waals surface area contributed by atoms with Gasteiger partial charge in [0, 0.05) is 13.0 Å². The molecule has 1 aromatic carbocycles. The van der Waals surface area contributed by atoms with Gasteiger partial charge >= 0.3 is 24.1 Å². The average Bonchev–Trinajstić information content (AvgIpc) is 3.00. The number of carbonyl (C=O) groups excluding carboxylic acids is 7. The van der Waals surface area contributed by atoms with Gasteiger partial charge in [0.25, 0.3) is 0 Å². The highest BCUT2D eigenvalue weighted by atomic mass is 19.4. The lowest BCUT2D eigenvalue weighted by molar-refractivity contribution is -0.173. The number of alkyl carbamates (subject to hydrolysis) is 1. The fourth-order valence-electron chi connectivity index (χ4n) is 3.73. The first-order chi connectivity index (χ1) is 21.5. The molecule has 0 aliphatic heterocycles. The molecule has 0 aliphatic rings. The van der Waals surface area contributed by atoms with E-state index in [-0.39, 0.29) is 38.8 Å². The molecule has 0 heterocycles. The molecule has 46 heavy (non-hydrogen) atoms. The predicted molar refractivity (Wildman–Crippen MR) is 154 cm³/mol. The molecule has 7 N–H and O–H groups in total. The van der Waals surface area contributed by atoms with Gasteiger partial charge in [-0.1, -0.05) is 30.3 Å². The number of rotatable bonds is 18. The van der Waals surface area contributed by atoms with Crippen molar-refractivity contribution in [1.82, 2.24) is 26.6 Å². The van der Waals surface area contributed by atoms with Crippen LogP contribution in [0.3, 0.4) is 0 Å². The number of benzene rings is 1. The number of ether oxygens (including phenoxy) is 2. The normalized spacial score (nSPS) is 13.5. The lowest BCUT2D eigenvalue weighted by atomic mass is 10.1. The van der Waals surface area contributed by atoms with E-state index in [1.165, 1.54) is 13.8 Å². The summed E-state index contributed by atoms with van der Waals surface area (Å²) in [7, 11) is 1.12. The summed E-state index contributed by atoms with van der Waals surface area (Å²) in [6.07, 6.45) is -6.74. The van der Waals surface area contributed by atoms with E-state index in [0.717, 1.165) is 7.11 Å². The average molecular weight is 661 g/mol. The Balaban J connectivity index is 2.79. The third-order valence-electron chi connectivity index (χ3n) is 6.29. The first-order valence-corrected chi connectivity index (χ1v) is 14.1. The fourth-order valence-corrected chi connectivity index (χ4v) is 3.73. The van der Waals surface area contributed by atoms with Crippen molar-refractivity contribution in [3.63, 3.8) is 0 Å². The van der Waals surface area contributed by atoms with Gasteiger partial charge in [0.05, 0.1) is 7.11 Å². The van der Waals surface area contributed by atoms with Gasteiger partial charge in [-0.2, -0.15) is 13.2 Å². The minimum Gasteiger partial charge on any atom is -0.467 e. The van der Waals surface area contributed by atoms with Crippen LogP contribution >= 0.6 is 0 Å². The van der Waals surface area contributed by atoms with Crippen LogP contribution < -0.4 is 32.3 Å². The van der Waals surface area contributed by atoms with Crippen molar-refractivity contribution in [2.75, 3.05) is 13.7 Å². The quantitative estimate of drug-likeness (QED) is 0.0924. The number of hydrogen-bond acceptors (Lipinski definition) is 9. The Labute approximate surface area is 262 Å². The second-order valence-corrected chi connectivity index (χ2v) is 10.1. The van der Waals surface area contributed by atoms with E-state index in [0.29, 0.717) is 5.56 Å². The van der Waals surface area contributed by atoms with Gasteiger partial charge in [-0.15, -0.1) is 0 Å². The maximum absolute atomic E-state index is 13.0. The highest BCUT2D eigenvalue weighted by Crippen LogP contribution is 2.14. The topological polar surface area (TPSA) is 224 Å². The molecule has 0 fully saturated rings. The summed E-state index contributed by atoms with van der Waals surface area (Å²) < 4.78 is 46.8. The van der Waals surface area contributed by atoms with Crippen molar-refractivity contribution in [3.05, 3.63) is 35.9 Å². The molecule has 0 aromatic heterocycles. The first-order valence-electron chi connectivity index (χ1n) is 14.1. The van der Waals surface area contributed by atoms with Crippen LogP contribution in [0.25, 0.3) is 0 Å². The van der Waals surface area contributed by atoms with Crippen molar-refractivity contribution < 1.29 is 56.2 Å². The monoisotopic (exact) mass is 660 g/mol. The highest BCUT2D eigenvalue weighted by molar-refractivity contribution is 5.93. The van der Waals surface area contributed by atoms with Crippen molar-refractivity contribution in [3.8, 4) is 0 Å². The molecule has 0 aliphatic carbocycles. The van der Waals surface area contributed by atoms with Crippen LogP contribution in [-0.4, -0.2) is 85.6 Å². The summed E-state index contributed by atoms with van der Waals surface area (Å²) >= 11 is 0. The number of nitrogens with two attached hydrogens (primary N) is 1. The van der Waals surface area contributed by atoms with E-state index < -0.39 is 78.4 Å². The molecular weight excluding hydrogens is 621 g/mol. The number of carbonyl (C=O) groups is 7. The second-order valence-electron chi connectivity index (χ2n) is 10.1. The van der Waals surface area contributed by atoms with Gasteiger partial charge in [-0.25, -0.2) is 9.59 Å².